The zero-order valence-corrected chi connectivity index (χ0v) is 23.0. The Balaban J connectivity index is 1.51. The molecule has 0 saturated heterocycles. The summed E-state index contributed by atoms with van der Waals surface area (Å²) in [6.45, 7) is 19.5. The summed E-state index contributed by atoms with van der Waals surface area (Å²) in [4.78, 5) is 0. The van der Waals surface area contributed by atoms with Crippen LogP contribution in [-0.2, 0) is 4.43 Å². The third-order valence-electron chi connectivity index (χ3n) is 11.7. The Morgan fingerprint density at radius 3 is 2.23 bits per heavy atom. The molecule has 4 aliphatic rings. The van der Waals surface area contributed by atoms with Crippen molar-refractivity contribution in [3.05, 3.63) is 0 Å². The lowest BCUT2D eigenvalue weighted by atomic mass is 9.44. The Morgan fingerprint density at radius 1 is 0.903 bits per heavy atom. The van der Waals surface area contributed by atoms with E-state index in [2.05, 4.69) is 54.6 Å². The third-order valence-corrected chi connectivity index (χ3v) is 16.2. The Kier molecular flexibility index (Phi) is 6.13. The highest BCUT2D eigenvalue weighted by atomic mass is 28.4. The molecule has 4 aliphatic carbocycles. The summed E-state index contributed by atoms with van der Waals surface area (Å²) in [7, 11) is -1.73. The fourth-order valence-electron chi connectivity index (χ4n) is 8.69. The minimum atomic E-state index is -1.73. The van der Waals surface area contributed by atoms with Crippen molar-refractivity contribution in [2.24, 2.45) is 34.5 Å². The smallest absolute Gasteiger partial charge is 0.192 e. The maximum absolute atomic E-state index is 11.2. The Labute approximate surface area is 194 Å². The van der Waals surface area contributed by atoms with E-state index in [-0.39, 0.29) is 5.60 Å². The predicted molar refractivity (Wildman–Crippen MR) is 134 cm³/mol. The normalized spacial score (nSPS) is 48.1. The first-order valence-corrected chi connectivity index (χ1v) is 16.6. The first-order chi connectivity index (χ1) is 14.3. The summed E-state index contributed by atoms with van der Waals surface area (Å²) in [6.07, 6.45) is 14.1. The summed E-state index contributed by atoms with van der Waals surface area (Å²) < 4.78 is 7.11. The summed E-state index contributed by atoms with van der Waals surface area (Å²) in [6, 6.07) is 0. The molecule has 2 nitrogen and oxygen atoms in total. The van der Waals surface area contributed by atoms with E-state index in [1.807, 2.05) is 0 Å². The lowest BCUT2D eigenvalue weighted by molar-refractivity contribution is -0.155. The predicted octanol–water partition coefficient (Wildman–Crippen LogP) is 7.95. The maximum Gasteiger partial charge on any atom is 0.192 e. The van der Waals surface area contributed by atoms with Crippen molar-refractivity contribution in [3.63, 3.8) is 0 Å². The van der Waals surface area contributed by atoms with Crippen LogP contribution >= 0.6 is 0 Å². The molecule has 0 aromatic carbocycles. The molecule has 0 bridgehead atoms. The van der Waals surface area contributed by atoms with Crippen LogP contribution in [0.1, 0.15) is 112 Å². The molecule has 0 heterocycles. The van der Waals surface area contributed by atoms with Crippen LogP contribution < -0.4 is 0 Å². The van der Waals surface area contributed by atoms with Gasteiger partial charge in [0.15, 0.2) is 8.32 Å². The van der Waals surface area contributed by atoms with Crippen molar-refractivity contribution in [1.29, 1.82) is 0 Å². The summed E-state index contributed by atoms with van der Waals surface area (Å²) in [5.41, 5.74) is 0.477. The van der Waals surface area contributed by atoms with Gasteiger partial charge in [0.1, 0.15) is 0 Å². The van der Waals surface area contributed by atoms with Crippen LogP contribution in [0.4, 0.5) is 0 Å². The van der Waals surface area contributed by atoms with Gasteiger partial charge in [-0.1, -0.05) is 48.0 Å². The van der Waals surface area contributed by atoms with Crippen LogP contribution in [0.3, 0.4) is 0 Å². The highest BCUT2D eigenvalue weighted by Crippen LogP contribution is 2.67. The minimum Gasteiger partial charge on any atom is -0.413 e. The van der Waals surface area contributed by atoms with E-state index in [4.69, 9.17) is 4.43 Å². The largest absolute Gasteiger partial charge is 0.413 e. The second kappa shape index (κ2) is 7.84. The molecule has 0 aromatic heterocycles. The van der Waals surface area contributed by atoms with Gasteiger partial charge in [-0.25, -0.2) is 0 Å². The van der Waals surface area contributed by atoms with Crippen molar-refractivity contribution in [1.82, 2.24) is 0 Å². The summed E-state index contributed by atoms with van der Waals surface area (Å²) >= 11 is 0. The van der Waals surface area contributed by atoms with Crippen molar-refractivity contribution < 1.29 is 9.53 Å². The van der Waals surface area contributed by atoms with Gasteiger partial charge in [-0.15, -0.1) is 0 Å². The van der Waals surface area contributed by atoms with E-state index >= 15 is 0 Å². The van der Waals surface area contributed by atoms with E-state index in [1.165, 1.54) is 44.9 Å². The van der Waals surface area contributed by atoms with Crippen LogP contribution in [-0.4, -0.2) is 25.1 Å². The zero-order valence-electron chi connectivity index (χ0n) is 22.0. The van der Waals surface area contributed by atoms with Crippen molar-refractivity contribution in [2.75, 3.05) is 0 Å². The van der Waals surface area contributed by atoms with Crippen molar-refractivity contribution in [2.45, 2.75) is 142 Å². The quantitative estimate of drug-likeness (QED) is 0.442. The summed E-state index contributed by atoms with van der Waals surface area (Å²) in [5, 5.41) is 11.5. The third kappa shape index (κ3) is 3.91. The van der Waals surface area contributed by atoms with Gasteiger partial charge in [0.2, 0.25) is 0 Å². The lowest BCUT2D eigenvalue weighted by Gasteiger charge is -2.62. The van der Waals surface area contributed by atoms with Crippen LogP contribution in [0.5, 0.6) is 0 Å². The van der Waals surface area contributed by atoms with E-state index in [1.54, 1.807) is 0 Å². The van der Waals surface area contributed by atoms with Crippen molar-refractivity contribution in [3.8, 4) is 0 Å². The molecule has 0 aromatic rings. The van der Waals surface area contributed by atoms with E-state index < -0.39 is 8.32 Å². The SMILES string of the molecule is CCC[C@@]1(O)CC[C@@]2(C)[C@@H](CC[C@@H]3[C@@H]2CC[C@]2(C)[C@@H](O[Si](C)(C)C(C)(C)C)CC[C@@H]32)C1. The van der Waals surface area contributed by atoms with Gasteiger partial charge in [0, 0.05) is 0 Å². The number of hydrogen-bond donors (Lipinski definition) is 1. The van der Waals surface area contributed by atoms with E-state index in [9.17, 15) is 5.11 Å². The minimum absolute atomic E-state index is 0.293. The standard InChI is InChI=1S/C28H52O2Si/c1-9-15-28(29)18-17-26(5)20(19-28)10-11-21-22-12-13-24(27(22,6)16-14-23(21)26)30-31(7,8)25(2,3)4/h20-24,29H,9-19H2,1-8H3/t20-,21-,22-,23-,24-,26-,27-,28+/m0/s1. The molecule has 180 valence electrons. The van der Waals surface area contributed by atoms with Crippen LogP contribution in [0, 0.1) is 34.5 Å². The molecule has 0 unspecified atom stereocenters. The maximum atomic E-state index is 11.2. The Hall–Kier alpha value is 0.137. The van der Waals surface area contributed by atoms with Gasteiger partial charge in [-0.2, -0.15) is 0 Å². The molecule has 0 radical (unpaired) electrons. The number of hydrogen-bond acceptors (Lipinski definition) is 2. The molecule has 8 atom stereocenters. The fourth-order valence-corrected chi connectivity index (χ4v) is 10.1. The second-order valence-corrected chi connectivity index (χ2v) is 19.1. The van der Waals surface area contributed by atoms with E-state index in [0.717, 1.165) is 49.4 Å². The second-order valence-electron chi connectivity index (χ2n) is 14.3. The van der Waals surface area contributed by atoms with Gasteiger partial charge in [0.05, 0.1) is 11.7 Å². The molecular weight excluding hydrogens is 396 g/mol. The van der Waals surface area contributed by atoms with Crippen LogP contribution in [0.25, 0.3) is 0 Å². The van der Waals surface area contributed by atoms with Crippen molar-refractivity contribution >= 4 is 8.32 Å². The molecule has 0 aliphatic heterocycles. The average Bonchev–Trinajstić information content (AvgIpc) is 2.98. The number of rotatable bonds is 4. The molecule has 1 N–H and O–H groups in total. The molecule has 0 amide bonds. The highest BCUT2D eigenvalue weighted by Gasteiger charge is 2.62. The number of aliphatic hydroxyl groups is 1. The molecule has 3 heteroatoms. The fraction of sp³-hybridized carbons (Fsp3) is 1.00. The van der Waals surface area contributed by atoms with Gasteiger partial charge in [0.25, 0.3) is 0 Å². The summed E-state index contributed by atoms with van der Waals surface area (Å²) in [5.74, 6) is 3.37. The molecule has 4 rings (SSSR count). The van der Waals surface area contributed by atoms with Gasteiger partial charge in [-0.3, -0.25) is 0 Å². The average molecular weight is 449 g/mol. The topological polar surface area (TPSA) is 29.5 Å². The monoisotopic (exact) mass is 448 g/mol. The van der Waals surface area contributed by atoms with E-state index in [0.29, 0.717) is 22.0 Å². The first kappa shape index (κ1) is 24.3. The van der Waals surface area contributed by atoms with Gasteiger partial charge < -0.3 is 9.53 Å². The Bertz CT molecular complexity index is 668. The molecular formula is C28H52O2Si. The zero-order chi connectivity index (χ0) is 22.9. The van der Waals surface area contributed by atoms with Gasteiger partial charge >= 0.3 is 0 Å². The molecule has 4 fully saturated rings. The van der Waals surface area contributed by atoms with Gasteiger partial charge in [-0.05, 0) is 117 Å². The highest BCUT2D eigenvalue weighted by molar-refractivity contribution is 6.74. The molecule has 0 spiro atoms. The number of fused-ring (bicyclic) bond motifs is 5. The lowest BCUT2D eigenvalue weighted by Crippen LogP contribution is -2.57. The Morgan fingerprint density at radius 2 is 1.58 bits per heavy atom. The molecule has 31 heavy (non-hydrogen) atoms. The molecule has 4 saturated carbocycles. The first-order valence-electron chi connectivity index (χ1n) is 13.7. The van der Waals surface area contributed by atoms with Crippen LogP contribution in [0.15, 0.2) is 0 Å². The van der Waals surface area contributed by atoms with Crippen LogP contribution in [0.2, 0.25) is 18.1 Å².